The van der Waals surface area contributed by atoms with E-state index in [9.17, 15) is 9.59 Å². The van der Waals surface area contributed by atoms with Crippen LogP contribution in [0.2, 0.25) is 0 Å². The van der Waals surface area contributed by atoms with Crippen molar-refractivity contribution < 1.29 is 9.59 Å². The minimum Gasteiger partial charge on any atom is -0.282 e. The van der Waals surface area contributed by atoms with Crippen LogP contribution in [0.25, 0.3) is 0 Å². The zero-order chi connectivity index (χ0) is 13.1. The number of carbonyl (C=O) groups is 2. The Morgan fingerprint density at radius 2 is 1.83 bits per heavy atom. The van der Waals surface area contributed by atoms with E-state index in [1.54, 1.807) is 0 Å². The first kappa shape index (κ1) is 13.1. The lowest BCUT2D eigenvalue weighted by Crippen LogP contribution is -2.33. The quantitative estimate of drug-likeness (QED) is 0.553. The van der Waals surface area contributed by atoms with Gasteiger partial charge in [-0.3, -0.25) is 14.5 Å². The monoisotopic (exact) mass is 248 g/mol. The van der Waals surface area contributed by atoms with Crippen LogP contribution < -0.4 is 0 Å². The Bertz CT molecular complexity index is 362. The van der Waals surface area contributed by atoms with E-state index in [1.165, 1.54) is 4.90 Å². The summed E-state index contributed by atoms with van der Waals surface area (Å²) < 4.78 is 0. The number of hydrogen-bond donors (Lipinski definition) is 0. The maximum Gasteiger partial charge on any atom is 0.233 e. The highest BCUT2D eigenvalue weighted by molar-refractivity contribution is 6.05. The Hall–Kier alpha value is -1.37. The Balaban J connectivity index is 1.91. The molecule has 2 fully saturated rings. The number of fused-ring (bicyclic) bond motifs is 1. The molecule has 0 spiro atoms. The number of likely N-dealkylation sites (tertiary alicyclic amines) is 1. The molecule has 0 radical (unpaired) electrons. The third-order valence-electron chi connectivity index (χ3n) is 4.32. The first-order valence-electron chi connectivity index (χ1n) is 6.91. The molecule has 1 aliphatic heterocycles. The Kier molecular flexibility index (Phi) is 4.00. The normalized spacial score (nSPS) is 30.7. The average molecular weight is 248 g/mol. The summed E-state index contributed by atoms with van der Waals surface area (Å²) >= 11 is 0. The Labute approximate surface area is 108 Å². The van der Waals surface area contributed by atoms with Crippen LogP contribution in [0.1, 0.15) is 45.4 Å². The molecule has 2 rings (SSSR count). The summed E-state index contributed by atoms with van der Waals surface area (Å²) in [6.45, 7) is 2.63. The number of unbranched alkanes of at least 4 members (excludes halogenated alkanes) is 2. The van der Waals surface area contributed by atoms with Gasteiger partial charge in [0.25, 0.3) is 0 Å². The second kappa shape index (κ2) is 5.51. The zero-order valence-electron chi connectivity index (χ0n) is 10.9. The molecule has 18 heavy (non-hydrogen) atoms. The molecule has 1 saturated carbocycles. The van der Waals surface area contributed by atoms with Crippen molar-refractivity contribution >= 4 is 11.8 Å². The number of hydrogen-bond acceptors (Lipinski definition) is 3. The fourth-order valence-electron chi connectivity index (χ4n) is 3.23. The van der Waals surface area contributed by atoms with Crippen molar-refractivity contribution in [2.75, 3.05) is 6.54 Å². The SMILES string of the molecule is CCC1CC2C(=O)N(CCCCC#N)C(=O)C2C1. The first-order valence-corrected chi connectivity index (χ1v) is 6.91. The van der Waals surface area contributed by atoms with Crippen LogP contribution in [0, 0.1) is 29.1 Å². The van der Waals surface area contributed by atoms with Crippen molar-refractivity contribution in [2.45, 2.75) is 45.4 Å². The van der Waals surface area contributed by atoms with Crippen LogP contribution in [-0.4, -0.2) is 23.3 Å². The molecular weight excluding hydrogens is 228 g/mol. The highest BCUT2D eigenvalue weighted by Gasteiger charge is 2.51. The number of nitrogens with zero attached hydrogens (tertiary/aromatic N) is 2. The van der Waals surface area contributed by atoms with E-state index in [-0.39, 0.29) is 23.7 Å². The molecule has 2 atom stereocenters. The van der Waals surface area contributed by atoms with Crippen LogP contribution in [0.15, 0.2) is 0 Å². The molecule has 4 nitrogen and oxygen atoms in total. The van der Waals surface area contributed by atoms with E-state index < -0.39 is 0 Å². The molecule has 1 aliphatic carbocycles. The second-order valence-corrected chi connectivity index (χ2v) is 5.40. The van der Waals surface area contributed by atoms with E-state index in [1.807, 2.05) is 0 Å². The first-order chi connectivity index (χ1) is 8.69. The maximum atomic E-state index is 12.2. The van der Waals surface area contributed by atoms with E-state index in [0.717, 1.165) is 32.1 Å². The van der Waals surface area contributed by atoms with Crippen molar-refractivity contribution in [1.29, 1.82) is 5.26 Å². The third kappa shape index (κ3) is 2.27. The third-order valence-corrected chi connectivity index (χ3v) is 4.32. The topological polar surface area (TPSA) is 61.2 Å². The summed E-state index contributed by atoms with van der Waals surface area (Å²) in [4.78, 5) is 25.8. The van der Waals surface area contributed by atoms with E-state index in [2.05, 4.69) is 13.0 Å². The molecule has 2 aliphatic rings. The van der Waals surface area contributed by atoms with Gasteiger partial charge in [-0.1, -0.05) is 13.3 Å². The average Bonchev–Trinajstić information content (AvgIpc) is 2.89. The van der Waals surface area contributed by atoms with Gasteiger partial charge in [0.2, 0.25) is 11.8 Å². The van der Waals surface area contributed by atoms with Crippen LogP contribution in [0.3, 0.4) is 0 Å². The summed E-state index contributed by atoms with van der Waals surface area (Å²) in [7, 11) is 0. The molecule has 0 aromatic carbocycles. The molecule has 0 aromatic heterocycles. The van der Waals surface area contributed by atoms with Crippen LogP contribution in [-0.2, 0) is 9.59 Å². The predicted octanol–water partition coefficient (Wildman–Crippen LogP) is 2.10. The van der Waals surface area contributed by atoms with E-state index in [4.69, 9.17) is 5.26 Å². The van der Waals surface area contributed by atoms with Gasteiger partial charge in [0.1, 0.15) is 0 Å². The van der Waals surface area contributed by atoms with Gasteiger partial charge >= 0.3 is 0 Å². The summed E-state index contributed by atoms with van der Waals surface area (Å²) in [5, 5.41) is 8.45. The number of rotatable bonds is 5. The van der Waals surface area contributed by atoms with Crippen molar-refractivity contribution in [2.24, 2.45) is 17.8 Å². The van der Waals surface area contributed by atoms with Gasteiger partial charge in [0, 0.05) is 13.0 Å². The molecule has 0 N–H and O–H groups in total. The number of imide groups is 1. The zero-order valence-corrected chi connectivity index (χ0v) is 10.9. The number of nitriles is 1. The number of amides is 2. The highest BCUT2D eigenvalue weighted by atomic mass is 16.2. The van der Waals surface area contributed by atoms with E-state index >= 15 is 0 Å². The van der Waals surface area contributed by atoms with Gasteiger partial charge in [0.15, 0.2) is 0 Å². The fourth-order valence-corrected chi connectivity index (χ4v) is 3.23. The van der Waals surface area contributed by atoms with Crippen LogP contribution in [0.5, 0.6) is 0 Å². The largest absolute Gasteiger partial charge is 0.282 e. The highest BCUT2D eigenvalue weighted by Crippen LogP contribution is 2.44. The molecule has 2 amide bonds. The fraction of sp³-hybridized carbons (Fsp3) is 0.786. The lowest BCUT2D eigenvalue weighted by Gasteiger charge is -2.17. The second-order valence-electron chi connectivity index (χ2n) is 5.40. The van der Waals surface area contributed by atoms with Crippen LogP contribution >= 0.6 is 0 Å². The number of carbonyl (C=O) groups excluding carboxylic acids is 2. The van der Waals surface area contributed by atoms with Crippen LogP contribution in [0.4, 0.5) is 0 Å². The molecule has 4 heteroatoms. The van der Waals surface area contributed by atoms with Gasteiger partial charge in [-0.25, -0.2) is 0 Å². The lowest BCUT2D eigenvalue weighted by atomic mass is 10.00. The van der Waals surface area contributed by atoms with Gasteiger partial charge in [-0.15, -0.1) is 0 Å². The summed E-state index contributed by atoms with van der Waals surface area (Å²) in [6.07, 6.45) is 4.86. The van der Waals surface area contributed by atoms with Gasteiger partial charge in [-0.05, 0) is 31.6 Å². The standard InChI is InChI=1S/C14H20N2O2/c1-2-10-8-11-12(9-10)14(18)16(13(11)17)7-5-3-4-6-15/h10-12H,2-5,7-9H2,1H3. The molecule has 0 bridgehead atoms. The molecule has 1 saturated heterocycles. The molecule has 2 unspecified atom stereocenters. The van der Waals surface area contributed by atoms with Crippen molar-refractivity contribution in [3.05, 3.63) is 0 Å². The van der Waals surface area contributed by atoms with Gasteiger partial charge in [0.05, 0.1) is 17.9 Å². The van der Waals surface area contributed by atoms with E-state index in [0.29, 0.717) is 18.9 Å². The molecule has 1 heterocycles. The van der Waals surface area contributed by atoms with Crippen molar-refractivity contribution in [1.82, 2.24) is 4.90 Å². The minimum atomic E-state index is -0.0431. The van der Waals surface area contributed by atoms with Crippen molar-refractivity contribution in [3.63, 3.8) is 0 Å². The Morgan fingerprint density at radius 1 is 1.22 bits per heavy atom. The Morgan fingerprint density at radius 3 is 2.33 bits per heavy atom. The summed E-state index contributed by atoms with van der Waals surface area (Å²) in [6, 6.07) is 2.08. The smallest absolute Gasteiger partial charge is 0.233 e. The summed E-state index contributed by atoms with van der Waals surface area (Å²) in [5.74, 6) is 0.543. The van der Waals surface area contributed by atoms with Gasteiger partial charge in [-0.2, -0.15) is 5.26 Å². The molecular formula is C14H20N2O2. The molecule has 0 aromatic rings. The predicted molar refractivity (Wildman–Crippen MR) is 66.2 cm³/mol. The lowest BCUT2D eigenvalue weighted by molar-refractivity contribution is -0.140. The summed E-state index contributed by atoms with van der Waals surface area (Å²) in [5.41, 5.74) is 0. The molecule has 98 valence electrons. The maximum absolute atomic E-state index is 12.2. The minimum absolute atomic E-state index is 0.0397. The van der Waals surface area contributed by atoms with Crippen molar-refractivity contribution in [3.8, 4) is 6.07 Å². The van der Waals surface area contributed by atoms with Gasteiger partial charge < -0.3 is 0 Å².